The second-order valence-corrected chi connectivity index (χ2v) is 7.94. The normalized spacial score (nSPS) is 10.4. The van der Waals surface area contributed by atoms with Crippen LogP contribution in [-0.2, 0) is 0 Å². The predicted molar refractivity (Wildman–Crippen MR) is 132 cm³/mol. The zero-order valence-corrected chi connectivity index (χ0v) is 19.2. The van der Waals surface area contributed by atoms with Gasteiger partial charge in [-0.05, 0) is 48.9 Å². The lowest BCUT2D eigenvalue weighted by molar-refractivity contribution is 0.262. The summed E-state index contributed by atoms with van der Waals surface area (Å²) >= 11 is 1.50. The van der Waals surface area contributed by atoms with E-state index in [1.807, 2.05) is 42.6 Å². The molecule has 2 aromatic heterocycles. The molecule has 0 bridgehead atoms. The third-order valence-corrected chi connectivity index (χ3v) is 5.61. The van der Waals surface area contributed by atoms with Crippen molar-refractivity contribution in [2.45, 2.75) is 6.92 Å². The van der Waals surface area contributed by atoms with Gasteiger partial charge in [0.05, 0.1) is 25.6 Å². The molecule has 9 heteroatoms. The minimum Gasteiger partial charge on any atom is -0.497 e. The molecule has 0 atom stereocenters. The van der Waals surface area contributed by atoms with Crippen LogP contribution >= 0.6 is 11.3 Å². The quantitative estimate of drug-likeness (QED) is 0.316. The molecular weight excluding hydrogens is 438 g/mol. The van der Waals surface area contributed by atoms with Crippen LogP contribution in [0, 0.1) is 6.92 Å². The summed E-state index contributed by atoms with van der Waals surface area (Å²) in [4.78, 5) is 21.4. The van der Waals surface area contributed by atoms with E-state index in [0.29, 0.717) is 22.9 Å². The van der Waals surface area contributed by atoms with Gasteiger partial charge in [-0.15, -0.1) is 11.3 Å². The number of ether oxygens (including phenoxy) is 2. The van der Waals surface area contributed by atoms with Crippen molar-refractivity contribution in [3.63, 3.8) is 0 Å². The molecular formula is C24H23N5O3S. The van der Waals surface area contributed by atoms with Crippen LogP contribution in [0.1, 0.15) is 5.56 Å². The fourth-order valence-corrected chi connectivity index (χ4v) is 3.85. The molecule has 0 saturated heterocycles. The largest absolute Gasteiger partial charge is 0.497 e. The lowest BCUT2D eigenvalue weighted by Crippen LogP contribution is -2.20. The Labute approximate surface area is 195 Å². The van der Waals surface area contributed by atoms with E-state index in [2.05, 4.69) is 25.9 Å². The van der Waals surface area contributed by atoms with E-state index in [4.69, 9.17) is 9.47 Å². The maximum atomic E-state index is 12.6. The molecule has 33 heavy (non-hydrogen) atoms. The smallest absolute Gasteiger partial charge is 0.323 e. The molecule has 3 N–H and O–H groups in total. The SMILES string of the molecule is COc1ccc(NC(=O)Nc2ccc(C)c(Nc3nc(-c4cccnc4)cs3)c2)c(OC)c1. The van der Waals surface area contributed by atoms with E-state index in [0.717, 1.165) is 27.6 Å². The number of carbonyl (C=O) groups excluding carboxylic acids is 1. The minimum atomic E-state index is -0.388. The van der Waals surface area contributed by atoms with E-state index >= 15 is 0 Å². The van der Waals surface area contributed by atoms with Gasteiger partial charge in [-0.2, -0.15) is 0 Å². The number of urea groups is 1. The van der Waals surface area contributed by atoms with Gasteiger partial charge >= 0.3 is 6.03 Å². The van der Waals surface area contributed by atoms with Gasteiger partial charge in [-0.3, -0.25) is 4.98 Å². The van der Waals surface area contributed by atoms with Gasteiger partial charge in [0.2, 0.25) is 0 Å². The first-order valence-electron chi connectivity index (χ1n) is 10.1. The summed E-state index contributed by atoms with van der Waals surface area (Å²) in [6, 6.07) is 14.3. The number of nitrogens with zero attached hydrogens (tertiary/aromatic N) is 2. The highest BCUT2D eigenvalue weighted by Crippen LogP contribution is 2.31. The number of thiazole rings is 1. The highest BCUT2D eigenvalue weighted by Gasteiger charge is 2.11. The number of hydrogen-bond donors (Lipinski definition) is 3. The summed E-state index contributed by atoms with van der Waals surface area (Å²) in [7, 11) is 3.11. The van der Waals surface area contributed by atoms with Crippen LogP contribution in [0.15, 0.2) is 66.3 Å². The lowest BCUT2D eigenvalue weighted by atomic mass is 10.2. The highest BCUT2D eigenvalue weighted by atomic mass is 32.1. The van der Waals surface area contributed by atoms with Gasteiger partial charge in [-0.25, -0.2) is 9.78 Å². The van der Waals surface area contributed by atoms with Gasteiger partial charge < -0.3 is 25.4 Å². The summed E-state index contributed by atoms with van der Waals surface area (Å²) in [6.45, 7) is 1.99. The zero-order chi connectivity index (χ0) is 23.2. The van der Waals surface area contributed by atoms with Crippen LogP contribution in [0.4, 0.5) is 27.0 Å². The number of amides is 2. The first kappa shape index (κ1) is 22.1. The number of anilines is 4. The topological polar surface area (TPSA) is 97.4 Å². The van der Waals surface area contributed by atoms with Crippen LogP contribution < -0.4 is 25.4 Å². The van der Waals surface area contributed by atoms with Gasteiger partial charge in [-0.1, -0.05) is 6.07 Å². The van der Waals surface area contributed by atoms with Crippen molar-refractivity contribution in [2.75, 3.05) is 30.2 Å². The third kappa shape index (κ3) is 5.39. The second kappa shape index (κ2) is 10.0. The molecule has 0 saturated carbocycles. The van der Waals surface area contributed by atoms with Crippen molar-refractivity contribution >= 4 is 39.6 Å². The van der Waals surface area contributed by atoms with Crippen LogP contribution in [0.2, 0.25) is 0 Å². The maximum absolute atomic E-state index is 12.6. The number of aromatic nitrogens is 2. The molecule has 4 aromatic rings. The molecule has 0 unspecified atom stereocenters. The summed E-state index contributed by atoms with van der Waals surface area (Å²) in [5, 5.41) is 11.7. The van der Waals surface area contributed by atoms with Crippen molar-refractivity contribution in [3.8, 4) is 22.8 Å². The fourth-order valence-electron chi connectivity index (χ4n) is 3.11. The number of benzene rings is 2. The Balaban J connectivity index is 1.45. The molecule has 2 amide bonds. The standard InChI is InChI=1S/C24H23N5O3S/c1-15-6-7-17(26-23(30)27-19-9-8-18(31-2)12-22(19)32-3)11-20(15)28-24-29-21(14-33-24)16-5-4-10-25-13-16/h4-14H,1-3H3,(H,28,29)(H2,26,27,30). The van der Waals surface area contributed by atoms with Gasteiger partial charge in [0, 0.05) is 40.8 Å². The Morgan fingerprint density at radius 2 is 1.88 bits per heavy atom. The summed E-state index contributed by atoms with van der Waals surface area (Å²) in [5.74, 6) is 1.14. The van der Waals surface area contributed by atoms with Crippen molar-refractivity contribution < 1.29 is 14.3 Å². The number of pyridine rings is 1. The van der Waals surface area contributed by atoms with Gasteiger partial charge in [0.25, 0.3) is 0 Å². The molecule has 0 aliphatic carbocycles. The molecule has 168 valence electrons. The van der Waals surface area contributed by atoms with Crippen LogP contribution in [0.25, 0.3) is 11.3 Å². The third-order valence-electron chi connectivity index (χ3n) is 4.86. The van der Waals surface area contributed by atoms with E-state index < -0.39 is 0 Å². The van der Waals surface area contributed by atoms with E-state index in [1.54, 1.807) is 37.7 Å². The highest BCUT2D eigenvalue weighted by molar-refractivity contribution is 7.14. The Morgan fingerprint density at radius 1 is 1.00 bits per heavy atom. The number of carbonyl (C=O) groups is 1. The average Bonchev–Trinajstić information content (AvgIpc) is 3.30. The molecule has 2 aromatic carbocycles. The van der Waals surface area contributed by atoms with Crippen molar-refractivity contribution in [1.82, 2.24) is 9.97 Å². The van der Waals surface area contributed by atoms with E-state index in [1.165, 1.54) is 18.4 Å². The zero-order valence-electron chi connectivity index (χ0n) is 18.4. The molecule has 0 aliphatic heterocycles. The summed E-state index contributed by atoms with van der Waals surface area (Å²) in [6.07, 6.45) is 3.52. The molecule has 0 fully saturated rings. The summed E-state index contributed by atoms with van der Waals surface area (Å²) in [5.41, 5.74) is 4.86. The number of rotatable bonds is 7. The minimum absolute atomic E-state index is 0.388. The Kier molecular flexibility index (Phi) is 6.70. The molecule has 0 radical (unpaired) electrons. The monoisotopic (exact) mass is 461 g/mol. The second-order valence-electron chi connectivity index (χ2n) is 7.08. The predicted octanol–water partition coefficient (Wildman–Crippen LogP) is 5.92. The van der Waals surface area contributed by atoms with Crippen LogP contribution in [-0.4, -0.2) is 30.2 Å². The van der Waals surface area contributed by atoms with Gasteiger partial charge in [0.1, 0.15) is 11.5 Å². The van der Waals surface area contributed by atoms with E-state index in [-0.39, 0.29) is 6.03 Å². The molecule has 4 rings (SSSR count). The Morgan fingerprint density at radius 3 is 2.64 bits per heavy atom. The lowest BCUT2D eigenvalue weighted by Gasteiger charge is -2.14. The van der Waals surface area contributed by atoms with Crippen molar-refractivity contribution in [3.05, 3.63) is 71.9 Å². The number of nitrogens with one attached hydrogen (secondary N) is 3. The fraction of sp³-hybridized carbons (Fsp3) is 0.125. The first-order chi connectivity index (χ1) is 16.1. The van der Waals surface area contributed by atoms with Crippen molar-refractivity contribution in [2.24, 2.45) is 0 Å². The maximum Gasteiger partial charge on any atom is 0.323 e. The van der Waals surface area contributed by atoms with Crippen LogP contribution in [0.3, 0.4) is 0 Å². The summed E-state index contributed by atoms with van der Waals surface area (Å²) < 4.78 is 10.5. The Bertz CT molecular complexity index is 1260. The first-order valence-corrected chi connectivity index (χ1v) is 11.0. The molecule has 0 aliphatic rings. The molecule has 0 spiro atoms. The number of aryl methyl sites for hydroxylation is 1. The van der Waals surface area contributed by atoms with Crippen LogP contribution in [0.5, 0.6) is 11.5 Å². The average molecular weight is 462 g/mol. The molecule has 8 nitrogen and oxygen atoms in total. The van der Waals surface area contributed by atoms with Gasteiger partial charge in [0.15, 0.2) is 5.13 Å². The van der Waals surface area contributed by atoms with Crippen molar-refractivity contribution in [1.29, 1.82) is 0 Å². The Hall–Kier alpha value is -4.11. The van der Waals surface area contributed by atoms with E-state index in [9.17, 15) is 4.79 Å². The molecule has 2 heterocycles. The number of hydrogen-bond acceptors (Lipinski definition) is 7. The number of methoxy groups -OCH3 is 2.